The number of ether oxygens (including phenoxy) is 1. The van der Waals surface area contributed by atoms with Crippen molar-refractivity contribution in [2.45, 2.75) is 150 Å². The number of carbonyl (C=O) groups is 1. The van der Waals surface area contributed by atoms with Gasteiger partial charge in [0.1, 0.15) is 0 Å². The summed E-state index contributed by atoms with van der Waals surface area (Å²) in [6.45, 7) is 27.3. The largest absolute Gasteiger partial charge is 0.465 e. The molecular formula is C46H74N2O3. The molecule has 10 atom stereocenters. The zero-order valence-electron chi connectivity index (χ0n) is 33.8. The average molecular weight is 703 g/mol. The molecule has 0 aromatic heterocycles. The molecule has 2 N–H and O–H groups in total. The summed E-state index contributed by atoms with van der Waals surface area (Å²) in [6, 6.07) is 0. The first kappa shape index (κ1) is 37.9. The fourth-order valence-electron chi connectivity index (χ4n) is 15.1. The third-order valence-corrected chi connectivity index (χ3v) is 18.0. The number of piperidine rings is 1. The van der Waals surface area contributed by atoms with Gasteiger partial charge in [-0.05, 0) is 179 Å². The number of hydrogen-bond donors (Lipinski definition) is 2. The van der Waals surface area contributed by atoms with Gasteiger partial charge >= 0.3 is 5.97 Å². The molecule has 1 saturated heterocycles. The number of hydrogen-bond acceptors (Lipinski definition) is 5. The summed E-state index contributed by atoms with van der Waals surface area (Å²) in [6.07, 6.45) is 23.1. The van der Waals surface area contributed by atoms with Gasteiger partial charge in [-0.25, -0.2) is 0 Å². The highest BCUT2D eigenvalue weighted by atomic mass is 16.5. The Balaban J connectivity index is 1.14. The Kier molecular flexibility index (Phi) is 10.2. The quantitative estimate of drug-likeness (QED) is 0.185. The van der Waals surface area contributed by atoms with Gasteiger partial charge in [-0.2, -0.15) is 0 Å². The van der Waals surface area contributed by atoms with Crippen molar-refractivity contribution in [1.29, 1.82) is 0 Å². The van der Waals surface area contributed by atoms with Crippen LogP contribution in [-0.4, -0.2) is 60.9 Å². The minimum absolute atomic E-state index is 0.0809. The van der Waals surface area contributed by atoms with E-state index in [0.717, 1.165) is 31.2 Å². The molecule has 1 aliphatic heterocycles. The van der Waals surface area contributed by atoms with E-state index in [-0.39, 0.29) is 28.9 Å². The van der Waals surface area contributed by atoms with Crippen LogP contribution in [-0.2, 0) is 9.53 Å². The van der Waals surface area contributed by atoms with Gasteiger partial charge in [0, 0.05) is 18.6 Å². The lowest BCUT2D eigenvalue weighted by atomic mass is 9.33. The molecule has 4 saturated carbocycles. The number of nitrogens with zero attached hydrogens (tertiary/aromatic N) is 1. The first-order valence-electron chi connectivity index (χ1n) is 21.5. The Hall–Kier alpha value is -1.43. The number of rotatable bonds is 9. The highest BCUT2D eigenvalue weighted by molar-refractivity contribution is 5.77. The molecule has 0 amide bonds. The molecule has 7 rings (SSSR count). The minimum atomic E-state index is -0.781. The molecule has 0 bridgehead atoms. The molecule has 0 aromatic rings. The summed E-state index contributed by atoms with van der Waals surface area (Å²) >= 11 is 0. The monoisotopic (exact) mass is 703 g/mol. The number of fused-ring (bicyclic) bond motifs is 7. The third-order valence-electron chi connectivity index (χ3n) is 18.0. The summed E-state index contributed by atoms with van der Waals surface area (Å²) in [7, 11) is 0. The van der Waals surface area contributed by atoms with E-state index in [0.29, 0.717) is 48.0 Å². The summed E-state index contributed by atoms with van der Waals surface area (Å²) < 4.78 is 5.42. The number of aliphatic hydroxyl groups is 1. The van der Waals surface area contributed by atoms with Crippen LogP contribution in [0.5, 0.6) is 0 Å². The maximum atomic E-state index is 12.9. The van der Waals surface area contributed by atoms with E-state index in [4.69, 9.17) is 4.74 Å². The van der Waals surface area contributed by atoms with Crippen LogP contribution in [0.25, 0.3) is 0 Å². The van der Waals surface area contributed by atoms with Gasteiger partial charge in [0.2, 0.25) is 0 Å². The number of esters is 1. The highest BCUT2D eigenvalue weighted by Gasteiger charge is 2.70. The molecule has 0 radical (unpaired) electrons. The van der Waals surface area contributed by atoms with E-state index in [1.165, 1.54) is 107 Å². The molecule has 6 aliphatic carbocycles. The smallest absolute Gasteiger partial charge is 0.314 e. The molecule has 1 heterocycles. The predicted octanol–water partition coefficient (Wildman–Crippen LogP) is 9.66. The van der Waals surface area contributed by atoms with E-state index in [9.17, 15) is 9.90 Å². The molecule has 5 fully saturated rings. The average Bonchev–Trinajstić information content (AvgIpc) is 3.49. The molecule has 5 nitrogen and oxygen atoms in total. The van der Waals surface area contributed by atoms with Crippen molar-refractivity contribution >= 4 is 5.97 Å². The van der Waals surface area contributed by atoms with E-state index in [1.807, 2.05) is 6.92 Å². The number of carbonyl (C=O) groups excluding carboxylic acids is 1. The number of allylic oxidation sites excluding steroid dienone is 5. The second-order valence-corrected chi connectivity index (χ2v) is 20.3. The summed E-state index contributed by atoms with van der Waals surface area (Å²) in [4.78, 5) is 15.6. The Morgan fingerprint density at radius 3 is 2.35 bits per heavy atom. The second kappa shape index (κ2) is 13.7. The summed E-state index contributed by atoms with van der Waals surface area (Å²) in [5, 5.41) is 14.7. The first-order valence-corrected chi connectivity index (χ1v) is 21.5. The number of nitrogens with one attached hydrogen (secondary N) is 1. The van der Waals surface area contributed by atoms with Crippen LogP contribution in [0.1, 0.15) is 145 Å². The lowest BCUT2D eigenvalue weighted by molar-refractivity contribution is -0.221. The Bertz CT molecular complexity index is 1410. The molecule has 0 unspecified atom stereocenters. The molecule has 0 aromatic carbocycles. The van der Waals surface area contributed by atoms with Crippen LogP contribution >= 0.6 is 0 Å². The molecule has 0 spiro atoms. The number of likely N-dealkylation sites (tertiary alicyclic amines) is 1. The van der Waals surface area contributed by atoms with Crippen molar-refractivity contribution in [2.75, 3.05) is 39.4 Å². The molecule has 286 valence electrons. The van der Waals surface area contributed by atoms with E-state index < -0.39 is 5.41 Å². The van der Waals surface area contributed by atoms with Crippen LogP contribution in [0.2, 0.25) is 0 Å². The Labute approximate surface area is 311 Å². The van der Waals surface area contributed by atoms with Crippen molar-refractivity contribution in [3.8, 4) is 0 Å². The van der Waals surface area contributed by atoms with Gasteiger partial charge in [-0.3, -0.25) is 4.79 Å². The molecule has 7 aliphatic rings. The van der Waals surface area contributed by atoms with Crippen LogP contribution in [0.15, 0.2) is 35.5 Å². The first-order chi connectivity index (χ1) is 24.2. The molecular weight excluding hydrogens is 629 g/mol. The SMILES string of the molecule is C=C(C)[C@@H]1CC[C@]2(NCCN3CCCCC3)CC[C@]3(C)[C@H](CC[C@@H]4[C@@]5(C)CC=C(C6=CC[C@](CO)(C(=O)OCC)CC6)C(C)(C)[C@@H]5CC[C@]43C)[C@@H]12. The van der Waals surface area contributed by atoms with Gasteiger partial charge < -0.3 is 20.1 Å². The van der Waals surface area contributed by atoms with Crippen LogP contribution < -0.4 is 5.32 Å². The van der Waals surface area contributed by atoms with Gasteiger partial charge in [-0.1, -0.05) is 65.3 Å². The van der Waals surface area contributed by atoms with Gasteiger partial charge in [0.05, 0.1) is 18.6 Å². The standard InChI is InChI=1S/C46H74N2O3/c1-9-51-40(50)45(31-49)22-15-33(16-23-45)35-18-20-42(6)37(41(35,4)5)19-21-44(8)38(42)14-13-36-39-34(32(2)3)17-24-46(39,26-25-43(36,44)7)47-27-30-48-28-11-10-12-29-48/h15,18,34,36-39,47,49H,2,9-14,16-17,19-31H2,1,3-8H3/t34-,36+,37-,38+,39+,42-,43+,44+,45-,46-/m0/s1. The fraction of sp³-hybridized carbons (Fsp3) is 0.848. The summed E-state index contributed by atoms with van der Waals surface area (Å²) in [5.41, 5.74) is 4.95. The zero-order valence-corrected chi connectivity index (χ0v) is 33.8. The normalized spacial score (nSPS) is 45.0. The highest BCUT2D eigenvalue weighted by Crippen LogP contribution is 2.76. The van der Waals surface area contributed by atoms with Gasteiger partial charge in [0.15, 0.2) is 0 Å². The minimum Gasteiger partial charge on any atom is -0.465 e. The maximum Gasteiger partial charge on any atom is 0.314 e. The maximum absolute atomic E-state index is 12.9. The topological polar surface area (TPSA) is 61.8 Å². The predicted molar refractivity (Wildman–Crippen MR) is 209 cm³/mol. The van der Waals surface area contributed by atoms with E-state index >= 15 is 0 Å². The van der Waals surface area contributed by atoms with Crippen LogP contribution in [0.3, 0.4) is 0 Å². The van der Waals surface area contributed by atoms with E-state index in [2.05, 4.69) is 70.5 Å². The second-order valence-electron chi connectivity index (χ2n) is 20.3. The summed E-state index contributed by atoms with van der Waals surface area (Å²) in [5.74, 6) is 3.28. The molecule has 51 heavy (non-hydrogen) atoms. The van der Waals surface area contributed by atoms with Crippen molar-refractivity contribution in [3.05, 3.63) is 35.5 Å². The van der Waals surface area contributed by atoms with Crippen molar-refractivity contribution < 1.29 is 14.6 Å². The van der Waals surface area contributed by atoms with Gasteiger partial charge in [0.25, 0.3) is 0 Å². The number of aliphatic hydroxyl groups excluding tert-OH is 1. The Morgan fingerprint density at radius 2 is 1.69 bits per heavy atom. The third kappa shape index (κ3) is 5.82. The molecule has 5 heteroatoms. The van der Waals surface area contributed by atoms with Crippen LogP contribution in [0, 0.1) is 56.7 Å². The zero-order chi connectivity index (χ0) is 36.5. The lowest BCUT2D eigenvalue weighted by Gasteiger charge is -2.72. The van der Waals surface area contributed by atoms with Gasteiger partial charge in [-0.15, -0.1) is 0 Å². The van der Waals surface area contributed by atoms with Crippen LogP contribution in [0.4, 0.5) is 0 Å². The van der Waals surface area contributed by atoms with Crippen molar-refractivity contribution in [2.24, 2.45) is 56.7 Å². The van der Waals surface area contributed by atoms with E-state index in [1.54, 1.807) is 0 Å². The lowest BCUT2D eigenvalue weighted by Crippen LogP contribution is -2.68. The Morgan fingerprint density at radius 1 is 0.922 bits per heavy atom. The van der Waals surface area contributed by atoms with Crippen molar-refractivity contribution in [1.82, 2.24) is 10.2 Å². The van der Waals surface area contributed by atoms with Crippen molar-refractivity contribution in [3.63, 3.8) is 0 Å². The fourth-order valence-corrected chi connectivity index (χ4v) is 15.1.